The van der Waals surface area contributed by atoms with Gasteiger partial charge in [0.1, 0.15) is 0 Å². The maximum Gasteiger partial charge on any atom is 0.225 e. The van der Waals surface area contributed by atoms with E-state index in [2.05, 4.69) is 5.32 Å². The summed E-state index contributed by atoms with van der Waals surface area (Å²) in [4.78, 5) is 11.3. The first kappa shape index (κ1) is 6.68. The Morgan fingerprint density at radius 3 is 2.78 bits per heavy atom. The molecule has 0 spiro atoms. The molecular formula is C6H9NOS. The van der Waals surface area contributed by atoms with Gasteiger partial charge in [-0.05, 0) is 6.42 Å². The summed E-state index contributed by atoms with van der Waals surface area (Å²) in [6, 6.07) is 0. The third-order valence-corrected chi connectivity index (χ3v) is 1.99. The van der Waals surface area contributed by atoms with Crippen molar-refractivity contribution in [1.82, 2.24) is 5.32 Å². The lowest BCUT2D eigenvalue weighted by Crippen LogP contribution is -2.19. The van der Waals surface area contributed by atoms with E-state index in [0.717, 1.165) is 11.4 Å². The maximum absolute atomic E-state index is 10.6. The Balaban J connectivity index is 2.58. The first-order valence-corrected chi connectivity index (χ1v) is 3.48. The molecule has 1 aliphatic rings. The highest BCUT2D eigenvalue weighted by Crippen LogP contribution is 2.14. The molecule has 1 rings (SSSR count). The standard InChI is InChI=1S/C6H9NOS/c1-2-4-3-5(8)7-6(4)9/h4H,2-3H2,1H3,(H,7,8,9). The van der Waals surface area contributed by atoms with Gasteiger partial charge in [0.15, 0.2) is 0 Å². The first-order chi connectivity index (χ1) is 4.24. The lowest BCUT2D eigenvalue weighted by molar-refractivity contribution is -0.118. The topological polar surface area (TPSA) is 29.1 Å². The predicted molar refractivity (Wildman–Crippen MR) is 39.1 cm³/mol. The molecule has 1 N–H and O–H groups in total. The fraction of sp³-hybridized carbons (Fsp3) is 0.667. The zero-order valence-corrected chi connectivity index (χ0v) is 6.12. The van der Waals surface area contributed by atoms with Crippen molar-refractivity contribution in [3.8, 4) is 0 Å². The van der Waals surface area contributed by atoms with E-state index in [1.807, 2.05) is 6.92 Å². The maximum atomic E-state index is 10.6. The van der Waals surface area contributed by atoms with Gasteiger partial charge in [-0.15, -0.1) is 0 Å². The fourth-order valence-electron chi connectivity index (χ4n) is 0.937. The molecule has 2 nitrogen and oxygen atoms in total. The van der Waals surface area contributed by atoms with Crippen LogP contribution in [-0.2, 0) is 4.79 Å². The Morgan fingerprint density at radius 1 is 1.89 bits per heavy atom. The van der Waals surface area contributed by atoms with Crippen LogP contribution >= 0.6 is 12.2 Å². The minimum absolute atomic E-state index is 0.0758. The molecule has 0 aromatic carbocycles. The van der Waals surface area contributed by atoms with Crippen LogP contribution in [0.4, 0.5) is 0 Å². The Morgan fingerprint density at radius 2 is 2.56 bits per heavy atom. The Bertz CT molecular complexity index is 155. The molecule has 1 unspecified atom stereocenters. The van der Waals surface area contributed by atoms with Gasteiger partial charge in [-0.2, -0.15) is 0 Å². The van der Waals surface area contributed by atoms with Gasteiger partial charge in [0.2, 0.25) is 5.91 Å². The van der Waals surface area contributed by atoms with Crippen LogP contribution in [0, 0.1) is 5.92 Å². The molecule has 1 amide bonds. The van der Waals surface area contributed by atoms with Crippen LogP contribution in [0.25, 0.3) is 0 Å². The first-order valence-electron chi connectivity index (χ1n) is 3.07. The summed E-state index contributed by atoms with van der Waals surface area (Å²) in [7, 11) is 0. The number of thiocarbonyl (C=S) groups is 1. The van der Waals surface area contributed by atoms with Gasteiger partial charge < -0.3 is 5.32 Å². The number of carbonyl (C=O) groups excluding carboxylic acids is 1. The number of hydrogen-bond donors (Lipinski definition) is 1. The average molecular weight is 143 g/mol. The molecule has 0 saturated carbocycles. The molecule has 0 bridgehead atoms. The van der Waals surface area contributed by atoms with E-state index in [-0.39, 0.29) is 5.91 Å². The van der Waals surface area contributed by atoms with E-state index in [1.165, 1.54) is 0 Å². The van der Waals surface area contributed by atoms with E-state index in [9.17, 15) is 4.79 Å². The summed E-state index contributed by atoms with van der Waals surface area (Å²) in [6.45, 7) is 2.04. The summed E-state index contributed by atoms with van der Waals surface area (Å²) < 4.78 is 0. The molecule has 50 valence electrons. The van der Waals surface area contributed by atoms with Crippen molar-refractivity contribution in [2.45, 2.75) is 19.8 Å². The Labute approximate surface area is 59.6 Å². The molecule has 1 fully saturated rings. The van der Waals surface area contributed by atoms with Crippen LogP contribution in [0.2, 0.25) is 0 Å². The van der Waals surface area contributed by atoms with Crippen LogP contribution < -0.4 is 5.32 Å². The monoisotopic (exact) mass is 143 g/mol. The molecular weight excluding hydrogens is 134 g/mol. The quantitative estimate of drug-likeness (QED) is 0.552. The smallest absolute Gasteiger partial charge is 0.225 e. The minimum Gasteiger partial charge on any atom is -0.320 e. The summed E-state index contributed by atoms with van der Waals surface area (Å²) in [6.07, 6.45) is 1.56. The summed E-state index contributed by atoms with van der Waals surface area (Å²) >= 11 is 4.88. The molecule has 1 aliphatic heterocycles. The number of rotatable bonds is 1. The molecule has 1 heterocycles. The lowest BCUT2D eigenvalue weighted by Gasteiger charge is -1.99. The number of carbonyl (C=O) groups is 1. The van der Waals surface area contributed by atoms with E-state index in [4.69, 9.17) is 12.2 Å². The van der Waals surface area contributed by atoms with E-state index in [0.29, 0.717) is 12.3 Å². The second-order valence-corrected chi connectivity index (χ2v) is 2.66. The van der Waals surface area contributed by atoms with Gasteiger partial charge in [-0.25, -0.2) is 0 Å². The van der Waals surface area contributed by atoms with Crippen molar-refractivity contribution in [3.05, 3.63) is 0 Å². The normalized spacial score (nSPS) is 26.6. The van der Waals surface area contributed by atoms with Crippen molar-refractivity contribution in [2.24, 2.45) is 5.92 Å². The predicted octanol–water partition coefficient (Wildman–Crippen LogP) is 0.860. The van der Waals surface area contributed by atoms with Crippen LogP contribution in [0.5, 0.6) is 0 Å². The van der Waals surface area contributed by atoms with Gasteiger partial charge >= 0.3 is 0 Å². The number of nitrogens with one attached hydrogen (secondary N) is 1. The number of hydrogen-bond acceptors (Lipinski definition) is 2. The molecule has 9 heavy (non-hydrogen) atoms. The zero-order valence-electron chi connectivity index (χ0n) is 5.31. The van der Waals surface area contributed by atoms with Gasteiger partial charge in [-0.3, -0.25) is 4.79 Å². The Hall–Kier alpha value is -0.440. The van der Waals surface area contributed by atoms with E-state index in [1.54, 1.807) is 0 Å². The summed E-state index contributed by atoms with van der Waals surface area (Å²) in [5.41, 5.74) is 0. The van der Waals surface area contributed by atoms with Crippen LogP contribution in [0.15, 0.2) is 0 Å². The highest BCUT2D eigenvalue weighted by atomic mass is 32.1. The van der Waals surface area contributed by atoms with Crippen molar-refractivity contribution in [3.63, 3.8) is 0 Å². The van der Waals surface area contributed by atoms with Gasteiger partial charge in [0.05, 0.1) is 4.99 Å². The van der Waals surface area contributed by atoms with Crippen LogP contribution in [-0.4, -0.2) is 10.9 Å². The molecule has 0 radical (unpaired) electrons. The van der Waals surface area contributed by atoms with E-state index < -0.39 is 0 Å². The third-order valence-electron chi connectivity index (χ3n) is 1.56. The molecule has 0 aromatic heterocycles. The van der Waals surface area contributed by atoms with Gasteiger partial charge in [0.25, 0.3) is 0 Å². The highest BCUT2D eigenvalue weighted by Gasteiger charge is 2.24. The van der Waals surface area contributed by atoms with Crippen molar-refractivity contribution >= 4 is 23.1 Å². The average Bonchev–Trinajstić information content (AvgIpc) is 2.10. The van der Waals surface area contributed by atoms with E-state index >= 15 is 0 Å². The minimum atomic E-state index is 0.0758. The fourth-order valence-corrected chi connectivity index (χ4v) is 1.30. The second-order valence-electron chi connectivity index (χ2n) is 2.22. The lowest BCUT2D eigenvalue weighted by atomic mass is 10.1. The number of amides is 1. The molecule has 1 atom stereocenters. The summed E-state index contributed by atoms with van der Waals surface area (Å²) in [5, 5.41) is 2.61. The Kier molecular flexibility index (Phi) is 1.81. The van der Waals surface area contributed by atoms with Gasteiger partial charge in [-0.1, -0.05) is 19.1 Å². The molecule has 0 aliphatic carbocycles. The van der Waals surface area contributed by atoms with Crippen molar-refractivity contribution in [1.29, 1.82) is 0 Å². The van der Waals surface area contributed by atoms with Crippen molar-refractivity contribution in [2.75, 3.05) is 0 Å². The SMILES string of the molecule is CCC1CC(=O)NC1=S. The van der Waals surface area contributed by atoms with Gasteiger partial charge in [0, 0.05) is 12.3 Å². The second kappa shape index (κ2) is 2.43. The van der Waals surface area contributed by atoms with Crippen LogP contribution in [0.3, 0.4) is 0 Å². The molecule has 1 saturated heterocycles. The summed E-state index contributed by atoms with van der Waals surface area (Å²) in [5.74, 6) is 0.388. The third kappa shape index (κ3) is 1.27. The largest absolute Gasteiger partial charge is 0.320 e. The molecule has 3 heteroatoms. The molecule has 0 aromatic rings. The van der Waals surface area contributed by atoms with Crippen molar-refractivity contribution < 1.29 is 4.79 Å². The van der Waals surface area contributed by atoms with Crippen LogP contribution in [0.1, 0.15) is 19.8 Å². The zero-order chi connectivity index (χ0) is 6.85. The highest BCUT2D eigenvalue weighted by molar-refractivity contribution is 7.80.